The van der Waals surface area contributed by atoms with Gasteiger partial charge in [-0.15, -0.1) is 0 Å². The Bertz CT molecular complexity index is 522. The van der Waals surface area contributed by atoms with Crippen LogP contribution in [0.4, 0.5) is 11.4 Å². The molecule has 0 aliphatic carbocycles. The van der Waals surface area contributed by atoms with Crippen molar-refractivity contribution in [1.82, 2.24) is 0 Å². The van der Waals surface area contributed by atoms with E-state index in [9.17, 15) is 20.2 Å². The van der Waals surface area contributed by atoms with Crippen molar-refractivity contribution < 1.29 is 9.85 Å². The van der Waals surface area contributed by atoms with Crippen LogP contribution in [-0.4, -0.2) is 9.85 Å². The van der Waals surface area contributed by atoms with Crippen LogP contribution in [0.5, 0.6) is 0 Å². The molecule has 0 bridgehead atoms. The van der Waals surface area contributed by atoms with Crippen LogP contribution in [0.1, 0.15) is 49.3 Å². The Morgan fingerprint density at radius 3 is 2.00 bits per heavy atom. The summed E-state index contributed by atoms with van der Waals surface area (Å²) in [7, 11) is 0. The molecule has 0 heterocycles. The van der Waals surface area contributed by atoms with E-state index in [4.69, 9.17) is 0 Å². The van der Waals surface area contributed by atoms with Gasteiger partial charge in [-0.05, 0) is 38.2 Å². The summed E-state index contributed by atoms with van der Waals surface area (Å²) < 4.78 is 0. The zero-order chi connectivity index (χ0) is 14.7. The highest BCUT2D eigenvalue weighted by atomic mass is 16.6. The van der Waals surface area contributed by atoms with E-state index in [1.807, 2.05) is 13.8 Å². The Morgan fingerprint density at radius 1 is 1.11 bits per heavy atom. The van der Waals surface area contributed by atoms with Crippen molar-refractivity contribution in [3.8, 4) is 0 Å². The van der Waals surface area contributed by atoms with Gasteiger partial charge in [-0.1, -0.05) is 13.8 Å². The van der Waals surface area contributed by atoms with Gasteiger partial charge >= 0.3 is 0 Å². The summed E-state index contributed by atoms with van der Waals surface area (Å²) in [6, 6.07) is 1.44. The van der Waals surface area contributed by atoms with Gasteiger partial charge in [-0.2, -0.15) is 0 Å². The van der Waals surface area contributed by atoms with Crippen LogP contribution in [0, 0.1) is 34.1 Å². The SMILES string of the molecule is CCC(CC)c1c([N+](=O)[O-])cc(C)c(C)c1[N+](=O)[O-]. The minimum Gasteiger partial charge on any atom is -0.258 e. The van der Waals surface area contributed by atoms with Gasteiger partial charge < -0.3 is 0 Å². The first-order valence-corrected chi connectivity index (χ1v) is 6.27. The molecule has 0 radical (unpaired) electrons. The number of benzene rings is 1. The van der Waals surface area contributed by atoms with Crippen molar-refractivity contribution in [1.29, 1.82) is 0 Å². The minimum absolute atomic E-state index is 0.0969. The molecule has 0 saturated heterocycles. The zero-order valence-electron chi connectivity index (χ0n) is 11.6. The molecule has 0 aliphatic heterocycles. The van der Waals surface area contributed by atoms with Crippen molar-refractivity contribution in [3.05, 3.63) is 43.0 Å². The van der Waals surface area contributed by atoms with Gasteiger partial charge in [0.1, 0.15) is 5.56 Å². The number of hydrogen-bond acceptors (Lipinski definition) is 4. The quantitative estimate of drug-likeness (QED) is 0.594. The van der Waals surface area contributed by atoms with Crippen LogP contribution in [-0.2, 0) is 0 Å². The van der Waals surface area contributed by atoms with Gasteiger partial charge in [0.05, 0.1) is 9.85 Å². The molecular weight excluding hydrogens is 248 g/mol. The molecular formula is C13H18N2O4. The Hall–Kier alpha value is -1.98. The van der Waals surface area contributed by atoms with Crippen molar-refractivity contribution in [2.45, 2.75) is 46.5 Å². The van der Waals surface area contributed by atoms with Gasteiger partial charge in [0.2, 0.25) is 0 Å². The standard InChI is InChI=1S/C13H18N2O4/c1-5-10(6-2)12-11(14(16)17)7-8(3)9(4)13(12)15(18)19/h7,10H,5-6H2,1-4H3. The Morgan fingerprint density at radius 2 is 1.63 bits per heavy atom. The van der Waals surface area contributed by atoms with Crippen LogP contribution < -0.4 is 0 Å². The molecule has 0 saturated carbocycles. The maximum absolute atomic E-state index is 11.3. The first-order chi connectivity index (χ1) is 8.84. The van der Waals surface area contributed by atoms with Crippen LogP contribution in [0.25, 0.3) is 0 Å². The third-order valence-electron chi connectivity index (χ3n) is 3.60. The molecule has 1 aromatic rings. The molecule has 1 rings (SSSR count). The van der Waals surface area contributed by atoms with Crippen molar-refractivity contribution in [3.63, 3.8) is 0 Å². The molecule has 0 atom stereocenters. The summed E-state index contributed by atoms with van der Waals surface area (Å²) in [6.45, 7) is 7.07. The van der Waals surface area contributed by atoms with E-state index in [0.717, 1.165) is 0 Å². The third-order valence-corrected chi connectivity index (χ3v) is 3.60. The molecule has 0 amide bonds. The average molecular weight is 266 g/mol. The molecule has 0 spiro atoms. The highest BCUT2D eigenvalue weighted by Gasteiger charge is 2.32. The highest BCUT2D eigenvalue weighted by molar-refractivity contribution is 5.62. The second-order valence-electron chi connectivity index (χ2n) is 4.63. The topological polar surface area (TPSA) is 86.3 Å². The molecule has 0 aliphatic rings. The van der Waals surface area contributed by atoms with Gasteiger partial charge in [0, 0.05) is 11.6 Å². The molecule has 6 nitrogen and oxygen atoms in total. The molecule has 19 heavy (non-hydrogen) atoms. The summed E-state index contributed by atoms with van der Waals surface area (Å²) >= 11 is 0. The van der Waals surface area contributed by atoms with Crippen LogP contribution >= 0.6 is 0 Å². The monoisotopic (exact) mass is 266 g/mol. The summed E-state index contributed by atoms with van der Waals surface area (Å²) in [6.07, 6.45) is 1.28. The Kier molecular flexibility index (Phi) is 4.58. The minimum atomic E-state index is -0.521. The molecule has 0 unspecified atom stereocenters. The lowest BCUT2D eigenvalue weighted by molar-refractivity contribution is -0.396. The summed E-state index contributed by atoms with van der Waals surface area (Å²) in [4.78, 5) is 21.5. The Balaban J connectivity index is 3.75. The number of rotatable bonds is 5. The predicted octanol–water partition coefficient (Wildman–Crippen LogP) is 4.02. The number of nitro benzene ring substituents is 2. The second kappa shape index (κ2) is 5.77. The predicted molar refractivity (Wildman–Crippen MR) is 72.5 cm³/mol. The number of nitrogens with zero attached hydrogens (tertiary/aromatic N) is 2. The molecule has 1 aromatic carbocycles. The summed E-state index contributed by atoms with van der Waals surface area (Å²) in [5, 5.41) is 22.5. The fourth-order valence-electron chi connectivity index (χ4n) is 2.39. The van der Waals surface area contributed by atoms with E-state index in [-0.39, 0.29) is 22.9 Å². The van der Waals surface area contributed by atoms with Gasteiger partial charge in [-0.3, -0.25) is 20.2 Å². The second-order valence-corrected chi connectivity index (χ2v) is 4.63. The van der Waals surface area contributed by atoms with Crippen LogP contribution in [0.2, 0.25) is 0 Å². The van der Waals surface area contributed by atoms with Crippen LogP contribution in [0.3, 0.4) is 0 Å². The molecule has 6 heteroatoms. The summed E-state index contributed by atoms with van der Waals surface area (Å²) in [5.41, 5.74) is 1.12. The van der Waals surface area contributed by atoms with E-state index in [1.165, 1.54) is 6.07 Å². The van der Waals surface area contributed by atoms with Crippen molar-refractivity contribution in [2.75, 3.05) is 0 Å². The Labute approximate surface area is 111 Å². The largest absolute Gasteiger partial charge is 0.282 e. The van der Waals surface area contributed by atoms with E-state index in [0.29, 0.717) is 24.0 Å². The number of hydrogen-bond donors (Lipinski definition) is 0. The first kappa shape index (κ1) is 15.1. The molecule has 104 valence electrons. The van der Waals surface area contributed by atoms with Gasteiger partial charge in [0.15, 0.2) is 0 Å². The fourth-order valence-corrected chi connectivity index (χ4v) is 2.39. The van der Waals surface area contributed by atoms with E-state index < -0.39 is 9.85 Å². The highest BCUT2D eigenvalue weighted by Crippen LogP contribution is 2.41. The van der Waals surface area contributed by atoms with Crippen LogP contribution in [0.15, 0.2) is 6.07 Å². The number of aryl methyl sites for hydroxylation is 1. The maximum atomic E-state index is 11.3. The lowest BCUT2D eigenvalue weighted by Crippen LogP contribution is -2.08. The lowest BCUT2D eigenvalue weighted by Gasteiger charge is -2.15. The molecule has 0 aromatic heterocycles. The van der Waals surface area contributed by atoms with E-state index in [2.05, 4.69) is 0 Å². The maximum Gasteiger partial charge on any atom is 0.282 e. The summed E-state index contributed by atoms with van der Waals surface area (Å²) in [5.74, 6) is -0.167. The van der Waals surface area contributed by atoms with E-state index >= 15 is 0 Å². The third kappa shape index (κ3) is 2.72. The fraction of sp³-hybridized carbons (Fsp3) is 0.538. The lowest BCUT2D eigenvalue weighted by atomic mass is 9.88. The smallest absolute Gasteiger partial charge is 0.258 e. The van der Waals surface area contributed by atoms with E-state index in [1.54, 1.807) is 13.8 Å². The van der Waals surface area contributed by atoms with Gasteiger partial charge in [0.25, 0.3) is 11.4 Å². The molecule has 0 N–H and O–H groups in total. The normalized spacial score (nSPS) is 10.8. The first-order valence-electron chi connectivity index (χ1n) is 6.27. The van der Waals surface area contributed by atoms with Crippen molar-refractivity contribution in [2.24, 2.45) is 0 Å². The van der Waals surface area contributed by atoms with Crippen molar-refractivity contribution >= 4 is 11.4 Å². The zero-order valence-corrected chi connectivity index (χ0v) is 11.6. The number of nitro groups is 2. The molecule has 0 fully saturated rings. The van der Waals surface area contributed by atoms with Gasteiger partial charge in [-0.25, -0.2) is 0 Å². The average Bonchev–Trinajstić information content (AvgIpc) is 2.33.